The summed E-state index contributed by atoms with van der Waals surface area (Å²) in [5.41, 5.74) is 1.84. The molecule has 0 fully saturated rings. The lowest BCUT2D eigenvalue weighted by Gasteiger charge is -2.08. The van der Waals surface area contributed by atoms with Crippen molar-refractivity contribution in [1.82, 2.24) is 9.78 Å². The van der Waals surface area contributed by atoms with Crippen LogP contribution in [-0.2, 0) is 7.05 Å². The van der Waals surface area contributed by atoms with Crippen LogP contribution in [0.3, 0.4) is 0 Å². The van der Waals surface area contributed by atoms with Gasteiger partial charge in [0.25, 0.3) is 0 Å². The summed E-state index contributed by atoms with van der Waals surface area (Å²) in [5, 5.41) is 15.4. The quantitative estimate of drug-likeness (QED) is 0.763. The molecule has 0 saturated heterocycles. The average Bonchev–Trinajstić information content (AvgIpc) is 2.83. The summed E-state index contributed by atoms with van der Waals surface area (Å²) in [6.45, 7) is 0. The molecule has 0 spiro atoms. The predicted octanol–water partition coefficient (Wildman–Crippen LogP) is 2.94. The largest absolute Gasteiger partial charge is 0.478 e. The number of aromatic carboxylic acids is 1. The molecule has 94 valence electrons. The summed E-state index contributed by atoms with van der Waals surface area (Å²) in [4.78, 5) is 11.4. The van der Waals surface area contributed by atoms with Crippen LogP contribution in [0.5, 0.6) is 0 Å². The Balaban J connectivity index is 2.41. The number of nitrogens with zero attached hydrogens (tertiary/aromatic N) is 2. The number of carboxylic acids is 1. The Hall–Kier alpha value is -2.62. The van der Waals surface area contributed by atoms with E-state index in [-0.39, 0.29) is 0 Å². The van der Waals surface area contributed by atoms with E-state index in [0.717, 1.165) is 21.9 Å². The van der Waals surface area contributed by atoms with Crippen LogP contribution in [0.15, 0.2) is 48.8 Å². The lowest BCUT2D eigenvalue weighted by molar-refractivity contribution is 0.0698. The SMILES string of the molecule is Cn1cc(-c2c(C(=O)O)ccc3ccccc23)cn1. The fraction of sp³-hybridized carbons (Fsp3) is 0.0667. The van der Waals surface area contributed by atoms with Crippen molar-refractivity contribution in [1.29, 1.82) is 0 Å². The lowest BCUT2D eigenvalue weighted by Crippen LogP contribution is -1.99. The van der Waals surface area contributed by atoms with Crippen molar-refractivity contribution in [2.75, 3.05) is 0 Å². The highest BCUT2D eigenvalue weighted by Crippen LogP contribution is 2.31. The van der Waals surface area contributed by atoms with Crippen molar-refractivity contribution in [3.63, 3.8) is 0 Å². The van der Waals surface area contributed by atoms with Crippen LogP contribution < -0.4 is 0 Å². The number of aromatic nitrogens is 2. The van der Waals surface area contributed by atoms with E-state index in [1.807, 2.05) is 43.6 Å². The fourth-order valence-electron chi connectivity index (χ4n) is 2.31. The molecule has 1 aromatic heterocycles. The molecule has 0 radical (unpaired) electrons. The third-order valence-electron chi connectivity index (χ3n) is 3.15. The van der Waals surface area contributed by atoms with Crippen molar-refractivity contribution < 1.29 is 9.90 Å². The molecule has 4 nitrogen and oxygen atoms in total. The molecule has 0 amide bonds. The Morgan fingerprint density at radius 1 is 1.21 bits per heavy atom. The lowest BCUT2D eigenvalue weighted by atomic mass is 9.95. The van der Waals surface area contributed by atoms with Gasteiger partial charge in [0.05, 0.1) is 11.8 Å². The number of fused-ring (bicyclic) bond motifs is 1. The first-order chi connectivity index (χ1) is 9.16. The van der Waals surface area contributed by atoms with E-state index in [1.54, 1.807) is 16.9 Å². The molecule has 0 aliphatic carbocycles. The molecule has 3 aromatic rings. The van der Waals surface area contributed by atoms with Crippen molar-refractivity contribution >= 4 is 16.7 Å². The third-order valence-corrected chi connectivity index (χ3v) is 3.15. The molecule has 0 saturated carbocycles. The highest BCUT2D eigenvalue weighted by Gasteiger charge is 2.15. The van der Waals surface area contributed by atoms with Crippen LogP contribution in [0.4, 0.5) is 0 Å². The second-order valence-corrected chi connectivity index (χ2v) is 4.42. The van der Waals surface area contributed by atoms with Crippen LogP contribution in [0.2, 0.25) is 0 Å². The molecular formula is C15H12N2O2. The molecular weight excluding hydrogens is 240 g/mol. The molecule has 0 aliphatic heterocycles. The molecule has 0 aliphatic rings. The van der Waals surface area contributed by atoms with Crippen molar-refractivity contribution in [3.8, 4) is 11.1 Å². The van der Waals surface area contributed by atoms with E-state index in [4.69, 9.17) is 0 Å². The molecule has 1 N–H and O–H groups in total. The highest BCUT2D eigenvalue weighted by molar-refractivity contribution is 6.07. The molecule has 0 atom stereocenters. The van der Waals surface area contributed by atoms with E-state index in [2.05, 4.69) is 5.10 Å². The van der Waals surface area contributed by atoms with Crippen LogP contribution in [0.1, 0.15) is 10.4 Å². The molecule has 4 heteroatoms. The number of hydrogen-bond donors (Lipinski definition) is 1. The molecule has 1 heterocycles. The van der Waals surface area contributed by atoms with Gasteiger partial charge in [-0.25, -0.2) is 4.79 Å². The van der Waals surface area contributed by atoms with Gasteiger partial charge in [-0.3, -0.25) is 4.68 Å². The van der Waals surface area contributed by atoms with Gasteiger partial charge in [0.15, 0.2) is 0 Å². The highest BCUT2D eigenvalue weighted by atomic mass is 16.4. The summed E-state index contributed by atoms with van der Waals surface area (Å²) >= 11 is 0. The van der Waals surface area contributed by atoms with Crippen LogP contribution in [-0.4, -0.2) is 20.9 Å². The third kappa shape index (κ3) is 1.87. The second kappa shape index (κ2) is 4.24. The summed E-state index contributed by atoms with van der Waals surface area (Å²) in [7, 11) is 1.81. The van der Waals surface area contributed by atoms with Gasteiger partial charge in [-0.15, -0.1) is 0 Å². The van der Waals surface area contributed by atoms with Crippen LogP contribution >= 0.6 is 0 Å². The maximum absolute atomic E-state index is 11.4. The number of rotatable bonds is 2. The standard InChI is InChI=1S/C15H12N2O2/c1-17-9-11(8-16-17)14-12-5-3-2-4-10(12)6-7-13(14)15(18)19/h2-9H,1H3,(H,18,19). The van der Waals surface area contributed by atoms with E-state index in [0.29, 0.717) is 5.56 Å². The number of hydrogen-bond acceptors (Lipinski definition) is 2. The van der Waals surface area contributed by atoms with Gasteiger partial charge < -0.3 is 5.11 Å². The first kappa shape index (κ1) is 11.5. The molecule has 3 rings (SSSR count). The van der Waals surface area contributed by atoms with Gasteiger partial charge in [-0.2, -0.15) is 5.10 Å². The molecule has 0 bridgehead atoms. The van der Waals surface area contributed by atoms with Gasteiger partial charge in [0, 0.05) is 24.4 Å². The first-order valence-electron chi connectivity index (χ1n) is 5.91. The van der Waals surface area contributed by atoms with Crippen LogP contribution in [0, 0.1) is 0 Å². The predicted molar refractivity (Wildman–Crippen MR) is 73.1 cm³/mol. The van der Waals surface area contributed by atoms with Gasteiger partial charge in [0.1, 0.15) is 0 Å². The number of carbonyl (C=O) groups is 1. The maximum atomic E-state index is 11.4. The van der Waals surface area contributed by atoms with E-state index >= 15 is 0 Å². The van der Waals surface area contributed by atoms with Gasteiger partial charge >= 0.3 is 5.97 Å². The maximum Gasteiger partial charge on any atom is 0.336 e. The zero-order chi connectivity index (χ0) is 13.4. The zero-order valence-electron chi connectivity index (χ0n) is 10.4. The Labute approximate surface area is 109 Å². The molecule has 2 aromatic carbocycles. The zero-order valence-corrected chi connectivity index (χ0v) is 10.4. The summed E-state index contributed by atoms with van der Waals surface area (Å²) in [6.07, 6.45) is 3.52. The monoisotopic (exact) mass is 252 g/mol. The van der Waals surface area contributed by atoms with Gasteiger partial charge in [-0.1, -0.05) is 30.3 Å². The van der Waals surface area contributed by atoms with Crippen LogP contribution in [0.25, 0.3) is 21.9 Å². The fourth-order valence-corrected chi connectivity index (χ4v) is 2.31. The average molecular weight is 252 g/mol. The van der Waals surface area contributed by atoms with E-state index in [9.17, 15) is 9.90 Å². The minimum Gasteiger partial charge on any atom is -0.478 e. The second-order valence-electron chi connectivity index (χ2n) is 4.42. The minimum absolute atomic E-state index is 0.298. The Morgan fingerprint density at radius 2 is 2.00 bits per heavy atom. The summed E-state index contributed by atoms with van der Waals surface area (Å²) in [6, 6.07) is 11.2. The number of carboxylic acid groups (broad SMARTS) is 1. The topological polar surface area (TPSA) is 55.1 Å². The van der Waals surface area contributed by atoms with Crippen molar-refractivity contribution in [3.05, 3.63) is 54.4 Å². The van der Waals surface area contributed by atoms with E-state index < -0.39 is 5.97 Å². The molecule has 0 unspecified atom stereocenters. The first-order valence-corrected chi connectivity index (χ1v) is 5.91. The van der Waals surface area contributed by atoms with E-state index in [1.165, 1.54) is 0 Å². The minimum atomic E-state index is -0.926. The number of benzene rings is 2. The Kier molecular flexibility index (Phi) is 2.56. The smallest absolute Gasteiger partial charge is 0.336 e. The van der Waals surface area contributed by atoms with Gasteiger partial charge in [0.2, 0.25) is 0 Å². The Bertz CT molecular complexity index is 775. The Morgan fingerprint density at radius 3 is 2.68 bits per heavy atom. The van der Waals surface area contributed by atoms with Gasteiger partial charge in [-0.05, 0) is 16.8 Å². The molecule has 19 heavy (non-hydrogen) atoms. The van der Waals surface area contributed by atoms with Crippen molar-refractivity contribution in [2.24, 2.45) is 7.05 Å². The summed E-state index contributed by atoms with van der Waals surface area (Å²) < 4.78 is 1.67. The normalized spacial score (nSPS) is 10.8. The summed E-state index contributed by atoms with van der Waals surface area (Å²) in [5.74, 6) is -0.926. The number of aryl methyl sites for hydroxylation is 1. The van der Waals surface area contributed by atoms with Crippen molar-refractivity contribution in [2.45, 2.75) is 0 Å².